The molecule has 0 fully saturated rings. The van der Waals surface area contributed by atoms with Crippen LogP contribution in [0.5, 0.6) is 0 Å². The van der Waals surface area contributed by atoms with Crippen LogP contribution in [0.4, 0.5) is 0 Å². The van der Waals surface area contributed by atoms with E-state index in [0.717, 1.165) is 12.1 Å². The van der Waals surface area contributed by atoms with E-state index in [2.05, 4.69) is 9.97 Å². The molecule has 0 spiro atoms. The van der Waals surface area contributed by atoms with Crippen molar-refractivity contribution in [2.24, 2.45) is 0 Å². The van der Waals surface area contributed by atoms with Gasteiger partial charge in [-0.3, -0.25) is 14.3 Å². The average molecular weight is 313 g/mol. The summed E-state index contributed by atoms with van der Waals surface area (Å²) >= 11 is 0. The van der Waals surface area contributed by atoms with Gasteiger partial charge in [-0.25, -0.2) is 4.98 Å². The zero-order valence-electron chi connectivity index (χ0n) is 13.0. The van der Waals surface area contributed by atoms with E-state index in [1.807, 2.05) is 54.6 Å². The molecule has 24 heavy (non-hydrogen) atoms. The number of rotatable bonds is 3. The Morgan fingerprint density at radius 1 is 0.833 bits per heavy atom. The number of nitrogens with zero attached hydrogens (tertiary/aromatic N) is 3. The van der Waals surface area contributed by atoms with Gasteiger partial charge in [0.25, 0.3) is 5.56 Å². The molecular formula is C20H15N3O. The second kappa shape index (κ2) is 6.08. The third-order valence-electron chi connectivity index (χ3n) is 4.04. The maximum atomic E-state index is 12.6. The first-order chi connectivity index (χ1) is 11.8. The molecule has 0 unspecified atom stereocenters. The van der Waals surface area contributed by atoms with Gasteiger partial charge in [0.15, 0.2) is 0 Å². The van der Waals surface area contributed by atoms with Gasteiger partial charge in [0.1, 0.15) is 6.33 Å². The lowest BCUT2D eigenvalue weighted by Gasteiger charge is -2.08. The fraction of sp³-hybridized carbons (Fsp3) is 0.0500. The molecule has 0 aliphatic carbocycles. The molecule has 0 bridgehead atoms. The van der Waals surface area contributed by atoms with E-state index in [1.54, 1.807) is 29.4 Å². The van der Waals surface area contributed by atoms with Crippen molar-refractivity contribution in [1.82, 2.24) is 14.5 Å². The minimum absolute atomic E-state index is 0.0533. The smallest absolute Gasteiger partial charge is 0.265 e. The number of benzene rings is 2. The van der Waals surface area contributed by atoms with Crippen LogP contribution in [0.15, 0.2) is 84.2 Å². The molecule has 4 aromatic rings. The molecular weight excluding hydrogens is 298 g/mol. The first-order valence-electron chi connectivity index (χ1n) is 7.76. The van der Waals surface area contributed by atoms with Crippen molar-refractivity contribution in [3.8, 4) is 5.69 Å². The second-order valence-corrected chi connectivity index (χ2v) is 5.64. The normalized spacial score (nSPS) is 10.8. The summed E-state index contributed by atoms with van der Waals surface area (Å²) in [5.74, 6) is 0. The molecule has 0 saturated carbocycles. The second-order valence-electron chi connectivity index (χ2n) is 5.64. The Bertz CT molecular complexity index is 1040. The number of hydrogen-bond acceptors (Lipinski definition) is 3. The largest absolute Gasteiger partial charge is 0.268 e. The number of aromatic nitrogens is 3. The van der Waals surface area contributed by atoms with Crippen molar-refractivity contribution in [1.29, 1.82) is 0 Å². The molecule has 4 nitrogen and oxygen atoms in total. The Labute approximate surface area is 139 Å². The molecule has 0 atom stereocenters. The zero-order chi connectivity index (χ0) is 16.4. The van der Waals surface area contributed by atoms with Crippen LogP contribution < -0.4 is 5.56 Å². The lowest BCUT2D eigenvalue weighted by Crippen LogP contribution is -2.18. The lowest BCUT2D eigenvalue weighted by atomic mass is 10.1. The minimum atomic E-state index is -0.0533. The maximum absolute atomic E-state index is 12.6. The van der Waals surface area contributed by atoms with E-state index < -0.39 is 0 Å². The minimum Gasteiger partial charge on any atom is -0.268 e. The van der Waals surface area contributed by atoms with E-state index in [-0.39, 0.29) is 5.56 Å². The summed E-state index contributed by atoms with van der Waals surface area (Å²) in [5.41, 5.74) is 3.88. The molecule has 4 heteroatoms. The van der Waals surface area contributed by atoms with Crippen molar-refractivity contribution in [3.05, 3.63) is 101 Å². The molecule has 0 saturated heterocycles. The van der Waals surface area contributed by atoms with Gasteiger partial charge in [0.2, 0.25) is 0 Å². The molecule has 4 rings (SSSR count). The summed E-state index contributed by atoms with van der Waals surface area (Å²) in [4.78, 5) is 21.0. The molecule has 2 heterocycles. The Morgan fingerprint density at radius 2 is 1.54 bits per heavy atom. The number of pyridine rings is 1. The van der Waals surface area contributed by atoms with Crippen molar-refractivity contribution in [2.75, 3.05) is 0 Å². The molecule has 2 aromatic carbocycles. The quantitative estimate of drug-likeness (QED) is 0.582. The SMILES string of the molecule is O=c1c2ccccc2ncn1-c1ccc(Cc2ccncc2)cc1. The molecule has 0 amide bonds. The van der Waals surface area contributed by atoms with Gasteiger partial charge in [0, 0.05) is 12.4 Å². The van der Waals surface area contributed by atoms with Gasteiger partial charge in [-0.2, -0.15) is 0 Å². The highest BCUT2D eigenvalue weighted by atomic mass is 16.1. The van der Waals surface area contributed by atoms with Gasteiger partial charge in [-0.15, -0.1) is 0 Å². The first-order valence-corrected chi connectivity index (χ1v) is 7.76. The standard InChI is InChI=1S/C20H15N3O/c24-20-18-3-1-2-4-19(18)22-14-23(20)17-7-5-15(6-8-17)13-16-9-11-21-12-10-16/h1-12,14H,13H2. The summed E-state index contributed by atoms with van der Waals surface area (Å²) < 4.78 is 1.58. The number of fused-ring (bicyclic) bond motifs is 1. The van der Waals surface area contributed by atoms with E-state index in [1.165, 1.54) is 11.1 Å². The van der Waals surface area contributed by atoms with E-state index in [9.17, 15) is 4.79 Å². The van der Waals surface area contributed by atoms with Crippen molar-refractivity contribution >= 4 is 10.9 Å². The van der Waals surface area contributed by atoms with Gasteiger partial charge in [-0.05, 0) is 53.9 Å². The predicted octanol–water partition coefficient (Wildman–Crippen LogP) is 3.37. The Hall–Kier alpha value is -3.27. The van der Waals surface area contributed by atoms with Crippen molar-refractivity contribution in [3.63, 3.8) is 0 Å². The summed E-state index contributed by atoms with van der Waals surface area (Å²) in [5, 5.41) is 0.626. The maximum Gasteiger partial charge on any atom is 0.265 e. The molecule has 0 radical (unpaired) electrons. The lowest BCUT2D eigenvalue weighted by molar-refractivity contribution is 0.961. The van der Waals surface area contributed by atoms with E-state index in [0.29, 0.717) is 10.9 Å². The highest BCUT2D eigenvalue weighted by Gasteiger charge is 2.05. The van der Waals surface area contributed by atoms with Crippen LogP contribution in [-0.4, -0.2) is 14.5 Å². The van der Waals surface area contributed by atoms with Crippen molar-refractivity contribution in [2.45, 2.75) is 6.42 Å². The third kappa shape index (κ3) is 2.70. The summed E-state index contributed by atoms with van der Waals surface area (Å²) in [6, 6.07) is 19.4. The van der Waals surface area contributed by atoms with Crippen LogP contribution in [0.3, 0.4) is 0 Å². The summed E-state index contributed by atoms with van der Waals surface area (Å²) in [6.45, 7) is 0. The molecule has 0 N–H and O–H groups in total. The van der Waals surface area contributed by atoms with Crippen LogP contribution in [0.25, 0.3) is 16.6 Å². The molecule has 2 aromatic heterocycles. The van der Waals surface area contributed by atoms with E-state index in [4.69, 9.17) is 0 Å². The monoisotopic (exact) mass is 313 g/mol. The highest BCUT2D eigenvalue weighted by molar-refractivity contribution is 5.77. The average Bonchev–Trinajstić information content (AvgIpc) is 2.64. The van der Waals surface area contributed by atoms with Crippen LogP contribution >= 0.6 is 0 Å². The van der Waals surface area contributed by atoms with Gasteiger partial charge in [0.05, 0.1) is 16.6 Å². The van der Waals surface area contributed by atoms with Gasteiger partial charge < -0.3 is 0 Å². The van der Waals surface area contributed by atoms with Crippen LogP contribution in [0.2, 0.25) is 0 Å². The zero-order valence-corrected chi connectivity index (χ0v) is 13.0. The predicted molar refractivity (Wildman–Crippen MR) is 94.4 cm³/mol. The first kappa shape index (κ1) is 14.3. The van der Waals surface area contributed by atoms with Crippen LogP contribution in [0, 0.1) is 0 Å². The van der Waals surface area contributed by atoms with Gasteiger partial charge >= 0.3 is 0 Å². The molecule has 0 aliphatic heterocycles. The highest BCUT2D eigenvalue weighted by Crippen LogP contribution is 2.13. The molecule has 0 aliphatic rings. The summed E-state index contributed by atoms with van der Waals surface area (Å²) in [7, 11) is 0. The third-order valence-corrected chi connectivity index (χ3v) is 4.04. The Kier molecular flexibility index (Phi) is 3.63. The topological polar surface area (TPSA) is 47.8 Å². The van der Waals surface area contributed by atoms with Gasteiger partial charge in [-0.1, -0.05) is 24.3 Å². The van der Waals surface area contributed by atoms with Crippen LogP contribution in [0.1, 0.15) is 11.1 Å². The fourth-order valence-corrected chi connectivity index (χ4v) is 2.76. The molecule has 116 valence electrons. The Morgan fingerprint density at radius 3 is 2.33 bits per heavy atom. The number of para-hydroxylation sites is 1. The van der Waals surface area contributed by atoms with Crippen LogP contribution in [-0.2, 0) is 6.42 Å². The van der Waals surface area contributed by atoms with Crippen molar-refractivity contribution < 1.29 is 0 Å². The number of hydrogen-bond donors (Lipinski definition) is 0. The Balaban J connectivity index is 1.68. The fourth-order valence-electron chi connectivity index (χ4n) is 2.76. The van der Waals surface area contributed by atoms with E-state index >= 15 is 0 Å². The summed E-state index contributed by atoms with van der Waals surface area (Å²) in [6.07, 6.45) is 6.02.